The van der Waals surface area contributed by atoms with Crippen LogP contribution in [0.25, 0.3) is 16.5 Å². The van der Waals surface area contributed by atoms with Crippen LogP contribution in [0.3, 0.4) is 0 Å². The molecule has 0 saturated carbocycles. The molecule has 1 amide bonds. The fraction of sp³-hybridized carbons (Fsp3) is 0.400. The molecule has 44 heavy (non-hydrogen) atoms. The van der Waals surface area contributed by atoms with Gasteiger partial charge in [0, 0.05) is 17.5 Å². The van der Waals surface area contributed by atoms with Crippen LogP contribution in [0.5, 0.6) is 0 Å². The Morgan fingerprint density at radius 1 is 1.00 bits per heavy atom. The smallest absolute Gasteiger partial charge is 0.279 e. The van der Waals surface area contributed by atoms with Crippen molar-refractivity contribution in [1.82, 2.24) is 14.7 Å². The fourth-order valence-electron chi connectivity index (χ4n) is 7.33. The summed E-state index contributed by atoms with van der Waals surface area (Å²) in [5.41, 5.74) is 3.90. The van der Waals surface area contributed by atoms with Crippen LogP contribution in [0, 0.1) is 5.92 Å². The molecule has 2 aliphatic rings. The van der Waals surface area contributed by atoms with Crippen molar-refractivity contribution in [2.24, 2.45) is 5.92 Å². The van der Waals surface area contributed by atoms with E-state index in [-0.39, 0.29) is 54.2 Å². The van der Waals surface area contributed by atoms with Crippen LogP contribution in [-0.2, 0) is 28.9 Å². The van der Waals surface area contributed by atoms with Crippen molar-refractivity contribution < 1.29 is 19.4 Å². The summed E-state index contributed by atoms with van der Waals surface area (Å²) in [6, 6.07) is 23.1. The summed E-state index contributed by atoms with van der Waals surface area (Å²) < 4.78 is 8.02. The Kier molecular flexibility index (Phi) is 8.56. The van der Waals surface area contributed by atoms with Gasteiger partial charge in [0.05, 0.1) is 48.5 Å². The van der Waals surface area contributed by atoms with E-state index in [9.17, 15) is 19.5 Å². The Balaban J connectivity index is 1.13. The molecule has 3 aromatic carbocycles. The molecule has 9 heteroatoms. The molecule has 8 nitrogen and oxygen atoms in total. The third-order valence-corrected chi connectivity index (χ3v) is 12.1. The van der Waals surface area contributed by atoms with Gasteiger partial charge in [-0.1, -0.05) is 61.5 Å². The minimum atomic E-state index is -2.65. The molecule has 6 rings (SSSR count). The van der Waals surface area contributed by atoms with Gasteiger partial charge in [-0.05, 0) is 73.2 Å². The summed E-state index contributed by atoms with van der Waals surface area (Å²) >= 11 is 0. The van der Waals surface area contributed by atoms with E-state index in [1.807, 2.05) is 79.8 Å². The van der Waals surface area contributed by atoms with Crippen molar-refractivity contribution in [1.29, 1.82) is 0 Å². The summed E-state index contributed by atoms with van der Waals surface area (Å²) in [5.74, 6) is 0.0719. The summed E-state index contributed by atoms with van der Waals surface area (Å²) in [4.78, 5) is 39.8. The van der Waals surface area contributed by atoms with Crippen LogP contribution in [0.15, 0.2) is 83.8 Å². The molecule has 2 aliphatic heterocycles. The number of amides is 1. The van der Waals surface area contributed by atoms with E-state index in [0.29, 0.717) is 24.0 Å². The topological polar surface area (TPSA) is 105 Å². The highest BCUT2D eigenvalue weighted by Gasteiger charge is 2.50. The van der Waals surface area contributed by atoms with Gasteiger partial charge < -0.3 is 19.5 Å². The van der Waals surface area contributed by atoms with Crippen LogP contribution in [-0.4, -0.2) is 63.7 Å². The van der Waals surface area contributed by atoms with E-state index in [0.717, 1.165) is 29.4 Å². The Morgan fingerprint density at radius 2 is 1.70 bits per heavy atom. The van der Waals surface area contributed by atoms with Gasteiger partial charge in [0.1, 0.15) is 0 Å². The molecule has 0 unspecified atom stereocenters. The van der Waals surface area contributed by atoms with E-state index < -0.39 is 8.32 Å². The lowest BCUT2D eigenvalue weighted by molar-refractivity contribution is -0.138. The van der Waals surface area contributed by atoms with Gasteiger partial charge in [0.2, 0.25) is 5.91 Å². The maximum absolute atomic E-state index is 13.7. The van der Waals surface area contributed by atoms with E-state index in [1.165, 1.54) is 10.2 Å². The zero-order valence-electron chi connectivity index (χ0n) is 25.6. The number of carbonyl (C=O) groups is 1. The van der Waals surface area contributed by atoms with Gasteiger partial charge in [0.15, 0.2) is 8.32 Å². The van der Waals surface area contributed by atoms with Gasteiger partial charge in [-0.15, -0.1) is 0 Å². The standard InChI is InChI=1S/C35H41N3O5Si/c1-23-31(17-14-24-12-15-28(16-13-24)38-35(41)30-11-7-6-9-26(30)20-36-38)43-32(34(23)44(2,3)42)19-33(40)37-21-27-10-5-4-8-25(27)18-29(37)22-39/h4-13,15-16,20,23,29,31-32,34,39,42H,14,17-19,21-22H2,1-3H3/t23-,29+,31+,32-,34+/m1/s1. The Bertz CT molecular complexity index is 1700. The van der Waals surface area contributed by atoms with Gasteiger partial charge in [-0.2, -0.15) is 9.78 Å². The lowest BCUT2D eigenvalue weighted by Crippen LogP contribution is -2.48. The first kappa shape index (κ1) is 30.4. The average Bonchev–Trinajstić information content (AvgIpc) is 3.34. The first-order chi connectivity index (χ1) is 21.1. The maximum Gasteiger partial charge on any atom is 0.279 e. The average molecular weight is 612 g/mol. The largest absolute Gasteiger partial charge is 0.432 e. The Labute approximate surface area is 259 Å². The quantitative estimate of drug-likeness (QED) is 0.282. The van der Waals surface area contributed by atoms with Crippen molar-refractivity contribution in [3.8, 4) is 5.69 Å². The monoisotopic (exact) mass is 611 g/mol. The normalized spacial score (nSPS) is 23.6. The predicted octanol–water partition coefficient (Wildman–Crippen LogP) is 4.63. The van der Waals surface area contributed by atoms with Gasteiger partial charge in [-0.25, -0.2) is 0 Å². The molecule has 230 valence electrons. The zero-order valence-corrected chi connectivity index (χ0v) is 26.6. The molecule has 4 aromatic rings. The van der Waals surface area contributed by atoms with Crippen LogP contribution in [0.1, 0.15) is 36.5 Å². The molecular weight excluding hydrogens is 570 g/mol. The molecule has 5 atom stereocenters. The van der Waals surface area contributed by atoms with Gasteiger partial charge >= 0.3 is 0 Å². The molecule has 0 aliphatic carbocycles. The van der Waals surface area contributed by atoms with Gasteiger partial charge in [0.25, 0.3) is 5.56 Å². The summed E-state index contributed by atoms with van der Waals surface area (Å²) in [6.07, 6.45) is 3.62. The number of aromatic nitrogens is 2. The number of fused-ring (bicyclic) bond motifs is 2. The van der Waals surface area contributed by atoms with E-state index >= 15 is 0 Å². The molecule has 3 heterocycles. The number of ether oxygens (including phenoxy) is 1. The zero-order chi connectivity index (χ0) is 31.0. The molecule has 2 N–H and O–H groups in total. The number of hydrogen-bond acceptors (Lipinski definition) is 6. The van der Waals surface area contributed by atoms with Crippen molar-refractivity contribution in [3.05, 3.63) is 106 Å². The number of carbonyl (C=O) groups excluding carboxylic acids is 1. The minimum Gasteiger partial charge on any atom is -0.432 e. The second kappa shape index (κ2) is 12.4. The first-order valence-electron chi connectivity index (χ1n) is 15.6. The van der Waals surface area contributed by atoms with E-state index in [4.69, 9.17) is 4.74 Å². The number of aliphatic hydroxyl groups is 1. The van der Waals surface area contributed by atoms with Crippen molar-refractivity contribution in [2.45, 2.75) is 76.0 Å². The maximum atomic E-state index is 13.7. The number of aryl methyl sites for hydroxylation is 1. The number of nitrogens with zero attached hydrogens (tertiary/aromatic N) is 3. The SMILES string of the molecule is C[C@H]1[C@H]([Si](C)(C)O)[C@@H](CC(=O)N2Cc3ccccc3C[C@H]2CO)O[C@H]1CCc1ccc(-n2ncc3ccccc3c2=O)cc1. The van der Waals surface area contributed by atoms with Crippen molar-refractivity contribution >= 4 is 25.0 Å². The minimum absolute atomic E-state index is 0.0345. The highest BCUT2D eigenvalue weighted by Crippen LogP contribution is 2.46. The lowest BCUT2D eigenvalue weighted by atomic mass is 9.93. The molecule has 1 saturated heterocycles. The highest BCUT2D eigenvalue weighted by atomic mass is 28.4. The molecule has 1 fully saturated rings. The van der Waals surface area contributed by atoms with E-state index in [2.05, 4.69) is 18.1 Å². The number of rotatable bonds is 8. The lowest BCUT2D eigenvalue weighted by Gasteiger charge is -2.37. The van der Waals surface area contributed by atoms with Gasteiger partial charge in [-0.3, -0.25) is 9.59 Å². The Hall–Kier alpha value is -3.63. The van der Waals surface area contributed by atoms with E-state index in [1.54, 1.807) is 11.1 Å². The summed E-state index contributed by atoms with van der Waals surface area (Å²) in [6.45, 7) is 6.41. The molecule has 1 aromatic heterocycles. The van der Waals surface area contributed by atoms with Crippen LogP contribution in [0.2, 0.25) is 18.6 Å². The van der Waals surface area contributed by atoms with Crippen LogP contribution >= 0.6 is 0 Å². The fourth-order valence-corrected chi connectivity index (χ4v) is 9.93. The van der Waals surface area contributed by atoms with Crippen molar-refractivity contribution in [3.63, 3.8) is 0 Å². The molecule has 0 bridgehead atoms. The number of aliphatic hydroxyl groups excluding tert-OH is 1. The predicted molar refractivity (Wildman–Crippen MR) is 173 cm³/mol. The first-order valence-corrected chi connectivity index (χ1v) is 18.6. The third kappa shape index (κ3) is 6.02. The molecule has 0 spiro atoms. The number of hydrogen-bond donors (Lipinski definition) is 2. The highest BCUT2D eigenvalue weighted by molar-refractivity contribution is 6.71. The van der Waals surface area contributed by atoms with Crippen LogP contribution in [0.4, 0.5) is 0 Å². The molecule has 0 radical (unpaired) electrons. The third-order valence-electron chi connectivity index (χ3n) is 9.58. The van der Waals surface area contributed by atoms with Crippen LogP contribution < -0.4 is 5.56 Å². The van der Waals surface area contributed by atoms with Crippen molar-refractivity contribution in [2.75, 3.05) is 6.61 Å². The molecular formula is C35H41N3O5Si. The second-order valence-corrected chi connectivity index (χ2v) is 16.9. The number of benzene rings is 3. The summed E-state index contributed by atoms with van der Waals surface area (Å²) in [7, 11) is -2.65. The second-order valence-electron chi connectivity index (χ2n) is 12.9. The summed E-state index contributed by atoms with van der Waals surface area (Å²) in [5, 5.41) is 15.9. The Morgan fingerprint density at radius 3 is 2.43 bits per heavy atom.